The first-order valence-corrected chi connectivity index (χ1v) is 9.73. The number of hydrogen-bond acceptors (Lipinski definition) is 3. The van der Waals surface area contributed by atoms with E-state index in [2.05, 4.69) is 12.2 Å². The van der Waals surface area contributed by atoms with Gasteiger partial charge >= 0.3 is 0 Å². The van der Waals surface area contributed by atoms with Crippen LogP contribution in [0.25, 0.3) is 0 Å². The highest BCUT2D eigenvalue weighted by Crippen LogP contribution is 2.32. The average molecular weight is 287 g/mol. The van der Waals surface area contributed by atoms with Crippen LogP contribution < -0.4 is 5.32 Å². The molecule has 1 N–H and O–H groups in total. The van der Waals surface area contributed by atoms with E-state index in [1.54, 1.807) is 0 Å². The van der Waals surface area contributed by atoms with Crippen molar-refractivity contribution in [3.63, 3.8) is 0 Å². The summed E-state index contributed by atoms with van der Waals surface area (Å²) in [5, 5.41) is 3.28. The minimum Gasteiger partial charge on any atom is -0.313 e. The van der Waals surface area contributed by atoms with Gasteiger partial charge in [0.15, 0.2) is 9.84 Å². The molecule has 2 fully saturated rings. The fraction of sp³-hybridized carbons (Fsp3) is 1.00. The summed E-state index contributed by atoms with van der Waals surface area (Å²) in [6.07, 6.45) is 10.6. The van der Waals surface area contributed by atoms with Gasteiger partial charge < -0.3 is 5.32 Å². The Kier molecular flexibility index (Phi) is 5.70. The van der Waals surface area contributed by atoms with Crippen LogP contribution in [-0.2, 0) is 9.84 Å². The van der Waals surface area contributed by atoms with Crippen LogP contribution in [0.1, 0.15) is 71.1 Å². The van der Waals surface area contributed by atoms with E-state index in [4.69, 9.17) is 0 Å². The Morgan fingerprint density at radius 1 is 0.895 bits per heavy atom. The molecule has 0 amide bonds. The van der Waals surface area contributed by atoms with Gasteiger partial charge in [0.2, 0.25) is 0 Å². The van der Waals surface area contributed by atoms with E-state index in [9.17, 15) is 8.42 Å². The summed E-state index contributed by atoms with van der Waals surface area (Å²) in [6.45, 7) is 2.96. The highest BCUT2D eigenvalue weighted by atomic mass is 32.2. The molecule has 2 rings (SSSR count). The quantitative estimate of drug-likeness (QED) is 0.864. The first-order chi connectivity index (χ1) is 9.16. The molecule has 3 nitrogen and oxygen atoms in total. The molecule has 2 saturated carbocycles. The molecule has 19 heavy (non-hydrogen) atoms. The van der Waals surface area contributed by atoms with Gasteiger partial charge in [-0.2, -0.15) is 0 Å². The highest BCUT2D eigenvalue weighted by Gasteiger charge is 2.39. The van der Waals surface area contributed by atoms with Gasteiger partial charge in [-0.05, 0) is 32.2 Å². The molecule has 0 aromatic carbocycles. The van der Waals surface area contributed by atoms with E-state index in [-0.39, 0.29) is 16.5 Å². The molecule has 0 saturated heterocycles. The van der Waals surface area contributed by atoms with Crippen LogP contribution in [0, 0.1) is 0 Å². The smallest absolute Gasteiger partial charge is 0.157 e. The Bertz CT molecular complexity index is 360. The third-order valence-corrected chi connectivity index (χ3v) is 7.67. The summed E-state index contributed by atoms with van der Waals surface area (Å²) in [5.41, 5.74) is 0. The standard InChI is InChI=1S/C15H29NO2S/c1-2-16-14-11-5-3-4-6-12-15(14)19(17,18)13-9-7-8-10-13/h13-16H,2-12H2,1H3. The number of sulfone groups is 1. The predicted molar refractivity (Wildman–Crippen MR) is 80.1 cm³/mol. The first kappa shape index (κ1) is 15.3. The molecule has 0 radical (unpaired) electrons. The summed E-state index contributed by atoms with van der Waals surface area (Å²) < 4.78 is 25.8. The van der Waals surface area contributed by atoms with E-state index < -0.39 is 9.84 Å². The van der Waals surface area contributed by atoms with Gasteiger partial charge in [-0.1, -0.05) is 45.4 Å². The largest absolute Gasteiger partial charge is 0.313 e. The summed E-state index contributed by atoms with van der Waals surface area (Å²) >= 11 is 0. The predicted octanol–water partition coefficient (Wildman–Crippen LogP) is 3.04. The fourth-order valence-electron chi connectivity index (χ4n) is 3.80. The van der Waals surface area contributed by atoms with Crippen LogP contribution in [-0.4, -0.2) is 31.5 Å². The molecule has 0 heterocycles. The molecule has 0 spiro atoms. The first-order valence-electron chi connectivity index (χ1n) is 8.12. The summed E-state index contributed by atoms with van der Waals surface area (Å²) in [6, 6.07) is 0.191. The maximum absolute atomic E-state index is 12.9. The zero-order chi connectivity index (χ0) is 13.7. The molecule has 2 unspecified atom stereocenters. The van der Waals surface area contributed by atoms with Crippen LogP contribution in [0.4, 0.5) is 0 Å². The summed E-state index contributed by atoms with van der Waals surface area (Å²) in [4.78, 5) is 0. The van der Waals surface area contributed by atoms with Crippen molar-refractivity contribution in [1.82, 2.24) is 5.32 Å². The molecule has 2 aliphatic rings. The van der Waals surface area contributed by atoms with Crippen molar-refractivity contribution in [2.75, 3.05) is 6.54 Å². The SMILES string of the molecule is CCNC1CCCCCCC1S(=O)(=O)C1CCCC1. The molecule has 0 aromatic heterocycles. The Labute approximate surface area is 118 Å². The van der Waals surface area contributed by atoms with E-state index >= 15 is 0 Å². The zero-order valence-electron chi connectivity index (χ0n) is 12.2. The Morgan fingerprint density at radius 3 is 2.11 bits per heavy atom. The summed E-state index contributed by atoms with van der Waals surface area (Å²) in [7, 11) is -2.94. The number of rotatable bonds is 4. The van der Waals surface area contributed by atoms with Crippen molar-refractivity contribution in [1.29, 1.82) is 0 Å². The van der Waals surface area contributed by atoms with Crippen molar-refractivity contribution in [2.24, 2.45) is 0 Å². The van der Waals surface area contributed by atoms with Gasteiger partial charge in [0.1, 0.15) is 0 Å². The van der Waals surface area contributed by atoms with Gasteiger partial charge in [-0.25, -0.2) is 8.42 Å². The molecule has 0 aliphatic heterocycles. The zero-order valence-corrected chi connectivity index (χ0v) is 13.1. The molecular formula is C15H29NO2S. The third kappa shape index (κ3) is 3.72. The lowest BCUT2D eigenvalue weighted by atomic mass is 9.96. The highest BCUT2D eigenvalue weighted by molar-refractivity contribution is 7.92. The van der Waals surface area contributed by atoms with Crippen LogP contribution in [0.15, 0.2) is 0 Å². The molecular weight excluding hydrogens is 258 g/mol. The minimum absolute atomic E-state index is 0.0434. The van der Waals surface area contributed by atoms with Crippen LogP contribution in [0.2, 0.25) is 0 Å². The Hall–Kier alpha value is -0.0900. The monoisotopic (exact) mass is 287 g/mol. The lowest BCUT2D eigenvalue weighted by Gasteiger charge is -2.31. The van der Waals surface area contributed by atoms with E-state index in [0.717, 1.165) is 51.5 Å². The van der Waals surface area contributed by atoms with Gasteiger partial charge in [0.25, 0.3) is 0 Å². The van der Waals surface area contributed by atoms with E-state index in [0.29, 0.717) is 0 Å². The van der Waals surface area contributed by atoms with Gasteiger partial charge in [-0.3, -0.25) is 0 Å². The molecule has 2 aliphatic carbocycles. The van der Waals surface area contributed by atoms with E-state index in [1.165, 1.54) is 19.3 Å². The molecule has 112 valence electrons. The molecule has 2 atom stereocenters. The average Bonchev–Trinajstić information content (AvgIpc) is 2.86. The van der Waals surface area contributed by atoms with Gasteiger partial charge in [0, 0.05) is 6.04 Å². The Morgan fingerprint density at radius 2 is 1.47 bits per heavy atom. The minimum atomic E-state index is -2.94. The van der Waals surface area contributed by atoms with Crippen LogP contribution in [0.5, 0.6) is 0 Å². The van der Waals surface area contributed by atoms with Crippen molar-refractivity contribution in [2.45, 2.75) is 87.7 Å². The topological polar surface area (TPSA) is 46.2 Å². The molecule has 4 heteroatoms. The normalized spacial score (nSPS) is 31.0. The van der Waals surface area contributed by atoms with Crippen LogP contribution in [0.3, 0.4) is 0 Å². The number of nitrogens with one attached hydrogen (secondary N) is 1. The van der Waals surface area contributed by atoms with Gasteiger partial charge in [0.05, 0.1) is 10.5 Å². The van der Waals surface area contributed by atoms with Gasteiger partial charge in [-0.15, -0.1) is 0 Å². The maximum Gasteiger partial charge on any atom is 0.157 e. The number of hydrogen-bond donors (Lipinski definition) is 1. The second-order valence-corrected chi connectivity index (χ2v) is 8.64. The maximum atomic E-state index is 12.9. The summed E-state index contributed by atoms with van der Waals surface area (Å²) in [5.74, 6) is 0. The third-order valence-electron chi connectivity index (χ3n) is 4.86. The van der Waals surface area contributed by atoms with Crippen LogP contribution >= 0.6 is 0 Å². The fourth-order valence-corrected chi connectivity index (χ4v) is 6.47. The molecule has 0 aromatic rings. The Balaban J connectivity index is 2.14. The second kappa shape index (κ2) is 7.07. The van der Waals surface area contributed by atoms with Crippen molar-refractivity contribution in [3.05, 3.63) is 0 Å². The van der Waals surface area contributed by atoms with Crippen molar-refractivity contribution >= 4 is 9.84 Å². The van der Waals surface area contributed by atoms with Crippen molar-refractivity contribution < 1.29 is 8.42 Å². The molecule has 0 bridgehead atoms. The van der Waals surface area contributed by atoms with E-state index in [1.807, 2.05) is 0 Å². The van der Waals surface area contributed by atoms with Crippen molar-refractivity contribution in [3.8, 4) is 0 Å². The lowest BCUT2D eigenvalue weighted by molar-refractivity contribution is 0.390. The second-order valence-electron chi connectivity index (χ2n) is 6.19. The lowest BCUT2D eigenvalue weighted by Crippen LogP contribution is -2.47.